The Morgan fingerprint density at radius 3 is 2.41 bits per heavy atom. The molecule has 0 saturated heterocycles. The van der Waals surface area contributed by atoms with Crippen molar-refractivity contribution in [2.24, 2.45) is 0 Å². The molecule has 4 aromatic rings. The van der Waals surface area contributed by atoms with Crippen LogP contribution in [0.3, 0.4) is 0 Å². The fourth-order valence-electron chi connectivity index (χ4n) is 3.61. The molecule has 1 amide bonds. The Labute approximate surface area is 216 Å². The molecule has 0 atom stereocenters. The number of nitrogens with zero attached hydrogens (tertiary/aromatic N) is 3. The molecular formula is C25H20ClF3N4O3S. The van der Waals surface area contributed by atoms with Crippen LogP contribution in [0.5, 0.6) is 0 Å². The smallest absolute Gasteiger partial charge is 0.350 e. The van der Waals surface area contributed by atoms with E-state index in [4.69, 9.17) is 11.6 Å². The normalized spacial score (nSPS) is 11.8. The number of benzene rings is 3. The second-order valence-corrected chi connectivity index (χ2v) is 10.1. The van der Waals surface area contributed by atoms with Gasteiger partial charge in [0.2, 0.25) is 5.91 Å². The maximum Gasteiger partial charge on any atom is 0.417 e. The molecule has 0 bridgehead atoms. The average molecular weight is 549 g/mol. The Morgan fingerprint density at radius 1 is 1.03 bits per heavy atom. The van der Waals surface area contributed by atoms with Crippen molar-refractivity contribution >= 4 is 33.2 Å². The molecule has 0 unspecified atom stereocenters. The van der Waals surface area contributed by atoms with Gasteiger partial charge in [-0.2, -0.15) is 13.2 Å². The summed E-state index contributed by atoms with van der Waals surface area (Å²) in [6.45, 7) is -0.718. The van der Waals surface area contributed by atoms with Crippen LogP contribution in [0.2, 0.25) is 5.02 Å². The lowest BCUT2D eigenvalue weighted by atomic mass is 10.1. The van der Waals surface area contributed by atoms with Gasteiger partial charge < -0.3 is 9.88 Å². The van der Waals surface area contributed by atoms with E-state index in [2.05, 4.69) is 10.3 Å². The van der Waals surface area contributed by atoms with Gasteiger partial charge in [-0.05, 0) is 42.0 Å². The van der Waals surface area contributed by atoms with Gasteiger partial charge in [0.25, 0.3) is 10.0 Å². The second kappa shape index (κ2) is 10.7. The van der Waals surface area contributed by atoms with E-state index in [1.54, 1.807) is 41.5 Å². The quantitative estimate of drug-likeness (QED) is 0.334. The lowest BCUT2D eigenvalue weighted by Crippen LogP contribution is -2.40. The first-order valence-electron chi connectivity index (χ1n) is 10.8. The minimum atomic E-state index is -4.82. The van der Waals surface area contributed by atoms with Gasteiger partial charge in [0.05, 0.1) is 33.2 Å². The number of hydrogen-bond acceptors (Lipinski definition) is 4. The topological polar surface area (TPSA) is 84.3 Å². The predicted molar refractivity (Wildman–Crippen MR) is 133 cm³/mol. The van der Waals surface area contributed by atoms with Crippen LogP contribution in [0.1, 0.15) is 11.1 Å². The number of carbonyl (C=O) groups is 1. The highest BCUT2D eigenvalue weighted by atomic mass is 35.5. The van der Waals surface area contributed by atoms with Gasteiger partial charge in [0.15, 0.2) is 0 Å². The van der Waals surface area contributed by atoms with Gasteiger partial charge in [-0.3, -0.25) is 9.10 Å². The largest absolute Gasteiger partial charge is 0.417 e. The van der Waals surface area contributed by atoms with E-state index in [0.29, 0.717) is 10.4 Å². The van der Waals surface area contributed by atoms with E-state index in [1.165, 1.54) is 24.3 Å². The number of alkyl halides is 3. The van der Waals surface area contributed by atoms with Crippen LogP contribution in [0, 0.1) is 0 Å². The van der Waals surface area contributed by atoms with Gasteiger partial charge in [-0.25, -0.2) is 13.4 Å². The van der Waals surface area contributed by atoms with E-state index < -0.39 is 39.2 Å². The van der Waals surface area contributed by atoms with Crippen LogP contribution in [0.25, 0.3) is 5.69 Å². The summed E-state index contributed by atoms with van der Waals surface area (Å²) in [5.41, 5.74) is -0.0945. The monoisotopic (exact) mass is 548 g/mol. The molecule has 0 spiro atoms. The Kier molecular flexibility index (Phi) is 7.55. The van der Waals surface area contributed by atoms with Gasteiger partial charge in [-0.15, -0.1) is 0 Å². The Hall–Kier alpha value is -3.83. The number of imidazole rings is 1. The molecule has 1 N–H and O–H groups in total. The van der Waals surface area contributed by atoms with E-state index in [1.807, 2.05) is 12.1 Å². The zero-order valence-electron chi connectivity index (χ0n) is 19.1. The molecule has 0 radical (unpaired) electrons. The summed E-state index contributed by atoms with van der Waals surface area (Å²) in [5.74, 6) is -0.719. The summed E-state index contributed by atoms with van der Waals surface area (Å²) in [6, 6.07) is 17.0. The van der Waals surface area contributed by atoms with Crippen LogP contribution >= 0.6 is 11.6 Å². The minimum absolute atomic E-state index is 0.0425. The van der Waals surface area contributed by atoms with Crippen molar-refractivity contribution in [2.75, 3.05) is 10.8 Å². The standard InChI is InChI=1S/C25H20ClF3N4O3S/c26-22-11-10-19(14-21(22)25(27,28)29)33(37(35,36)20-7-2-1-3-8-20)16-24(34)31-15-18-6-4-5-9-23(18)32-13-12-30-17-32/h1-14,17H,15-16H2,(H,31,34). The number of rotatable bonds is 8. The fourth-order valence-corrected chi connectivity index (χ4v) is 5.27. The Balaban J connectivity index is 1.64. The lowest BCUT2D eigenvalue weighted by Gasteiger charge is -2.25. The van der Waals surface area contributed by atoms with Crippen molar-refractivity contribution in [3.8, 4) is 5.69 Å². The summed E-state index contributed by atoms with van der Waals surface area (Å²) in [7, 11) is -4.40. The van der Waals surface area contributed by atoms with Crippen LogP contribution in [0.4, 0.5) is 18.9 Å². The number of carbonyl (C=O) groups excluding carboxylic acids is 1. The van der Waals surface area contributed by atoms with E-state index in [-0.39, 0.29) is 17.1 Å². The van der Waals surface area contributed by atoms with Crippen molar-refractivity contribution in [2.45, 2.75) is 17.6 Å². The molecule has 1 heterocycles. The van der Waals surface area contributed by atoms with Gasteiger partial charge in [0, 0.05) is 18.9 Å². The van der Waals surface area contributed by atoms with E-state index in [9.17, 15) is 26.4 Å². The molecule has 0 aliphatic heterocycles. The van der Waals surface area contributed by atoms with Gasteiger partial charge in [-0.1, -0.05) is 48.0 Å². The van der Waals surface area contributed by atoms with Crippen molar-refractivity contribution in [3.63, 3.8) is 0 Å². The molecule has 0 aliphatic carbocycles. The molecule has 7 nitrogen and oxygen atoms in total. The van der Waals surface area contributed by atoms with Crippen molar-refractivity contribution < 1.29 is 26.4 Å². The number of hydrogen-bond donors (Lipinski definition) is 1. The highest BCUT2D eigenvalue weighted by molar-refractivity contribution is 7.92. The number of sulfonamides is 1. The minimum Gasteiger partial charge on any atom is -0.350 e. The molecule has 0 aliphatic rings. The van der Waals surface area contributed by atoms with E-state index in [0.717, 1.165) is 23.4 Å². The maximum atomic E-state index is 13.5. The summed E-state index contributed by atoms with van der Waals surface area (Å²) >= 11 is 5.72. The SMILES string of the molecule is O=C(CN(c1ccc(Cl)c(C(F)(F)F)c1)S(=O)(=O)c1ccccc1)NCc1ccccc1-n1ccnc1. The van der Waals surface area contributed by atoms with Gasteiger partial charge in [0.1, 0.15) is 6.54 Å². The number of aromatic nitrogens is 2. The first kappa shape index (κ1) is 26.2. The zero-order valence-corrected chi connectivity index (χ0v) is 20.6. The fraction of sp³-hybridized carbons (Fsp3) is 0.120. The summed E-state index contributed by atoms with van der Waals surface area (Å²) in [4.78, 5) is 16.8. The first-order chi connectivity index (χ1) is 17.6. The third-order valence-corrected chi connectivity index (χ3v) is 7.53. The van der Waals surface area contributed by atoms with Crippen LogP contribution in [-0.2, 0) is 27.5 Å². The summed E-state index contributed by atoms with van der Waals surface area (Å²) in [5, 5.41) is 2.07. The van der Waals surface area contributed by atoms with Crippen molar-refractivity contribution in [1.82, 2.24) is 14.9 Å². The molecule has 1 aromatic heterocycles. The van der Waals surface area contributed by atoms with Crippen LogP contribution < -0.4 is 9.62 Å². The molecule has 3 aromatic carbocycles. The highest BCUT2D eigenvalue weighted by Crippen LogP contribution is 2.38. The van der Waals surface area contributed by atoms with Gasteiger partial charge >= 0.3 is 6.18 Å². The molecule has 0 saturated carbocycles. The predicted octanol–water partition coefficient (Wildman–Crippen LogP) is 5.06. The molecule has 37 heavy (non-hydrogen) atoms. The number of para-hydroxylation sites is 1. The number of anilines is 1. The maximum absolute atomic E-state index is 13.5. The van der Waals surface area contributed by atoms with E-state index >= 15 is 0 Å². The third kappa shape index (κ3) is 5.95. The van der Waals surface area contributed by atoms with Crippen molar-refractivity contribution in [3.05, 3.63) is 108 Å². The molecule has 0 fully saturated rings. The number of amides is 1. The zero-order chi connectivity index (χ0) is 26.6. The second-order valence-electron chi connectivity index (χ2n) is 7.86. The van der Waals surface area contributed by atoms with Crippen LogP contribution in [-0.4, -0.2) is 30.4 Å². The molecule has 192 valence electrons. The molecule has 4 rings (SSSR count). The van der Waals surface area contributed by atoms with Crippen molar-refractivity contribution in [1.29, 1.82) is 0 Å². The highest BCUT2D eigenvalue weighted by Gasteiger charge is 2.35. The Bertz CT molecular complexity index is 1500. The Morgan fingerprint density at radius 2 is 1.73 bits per heavy atom. The summed E-state index contributed by atoms with van der Waals surface area (Å²) in [6.07, 6.45) is 0.0960. The summed E-state index contributed by atoms with van der Waals surface area (Å²) < 4.78 is 69.7. The molecule has 12 heteroatoms. The number of nitrogens with one attached hydrogen (secondary N) is 1. The number of halogens is 4. The molecular weight excluding hydrogens is 529 g/mol. The lowest BCUT2D eigenvalue weighted by molar-refractivity contribution is -0.137. The van der Waals surface area contributed by atoms with Crippen LogP contribution in [0.15, 0.2) is 96.4 Å². The third-order valence-electron chi connectivity index (χ3n) is 5.41. The average Bonchev–Trinajstić information content (AvgIpc) is 3.41. The first-order valence-corrected chi connectivity index (χ1v) is 12.7.